The summed E-state index contributed by atoms with van der Waals surface area (Å²) in [7, 11) is 0. The van der Waals surface area contributed by atoms with Gasteiger partial charge in [0.25, 0.3) is 0 Å². The number of ketones is 1. The van der Waals surface area contributed by atoms with Gasteiger partial charge in [-0.1, -0.05) is 44.2 Å². The van der Waals surface area contributed by atoms with E-state index in [1.807, 2.05) is 69.1 Å². The second kappa shape index (κ2) is 13.0. The fraction of sp³-hybridized carbons (Fsp3) is 0.625. The normalized spacial score (nSPS) is 20.3. The Hall–Kier alpha value is -3.16. The van der Waals surface area contributed by atoms with E-state index in [0.717, 1.165) is 37.7 Å². The summed E-state index contributed by atoms with van der Waals surface area (Å²) < 4.78 is 7.39. The highest BCUT2D eigenvalue weighted by atomic mass is 16.6. The Morgan fingerprint density at radius 2 is 1.65 bits per heavy atom. The Labute approximate surface area is 239 Å². The summed E-state index contributed by atoms with van der Waals surface area (Å²) in [6.07, 6.45) is 7.63. The number of benzene rings is 1. The monoisotopic (exact) mass is 550 g/mol. The lowest BCUT2D eigenvalue weighted by atomic mass is 9.82. The van der Waals surface area contributed by atoms with E-state index < -0.39 is 5.60 Å². The molecule has 2 amide bonds. The molecule has 1 aromatic carbocycles. The number of amides is 2. The first kappa shape index (κ1) is 29.8. The van der Waals surface area contributed by atoms with Crippen molar-refractivity contribution in [2.24, 2.45) is 11.8 Å². The highest BCUT2D eigenvalue weighted by molar-refractivity contribution is 6.05. The molecule has 2 aromatic rings. The number of likely N-dealkylation sites (tertiary alicyclic amines) is 1. The van der Waals surface area contributed by atoms with Crippen molar-refractivity contribution >= 4 is 23.6 Å². The minimum atomic E-state index is -0.561. The lowest BCUT2D eigenvalue weighted by molar-refractivity contribution is -0.124. The molecule has 2 fully saturated rings. The molecular formula is C32H46N4O4. The van der Waals surface area contributed by atoms with E-state index in [2.05, 4.69) is 6.92 Å². The molecule has 0 N–H and O–H groups in total. The Morgan fingerprint density at radius 3 is 2.25 bits per heavy atom. The first-order chi connectivity index (χ1) is 19.1. The maximum absolute atomic E-state index is 14.3. The molecule has 0 spiro atoms. The van der Waals surface area contributed by atoms with Crippen LogP contribution in [0.2, 0.25) is 0 Å². The zero-order chi connectivity index (χ0) is 28.9. The molecule has 40 heavy (non-hydrogen) atoms. The number of Topliss-reactive ketones (excluding diaryl/α,β-unsaturated/α-hetero) is 1. The summed E-state index contributed by atoms with van der Waals surface area (Å²) in [6.45, 7) is 11.3. The number of nitrogens with zero attached hydrogens (tertiary/aromatic N) is 4. The number of hydrogen-bond donors (Lipinski definition) is 0. The molecular weight excluding hydrogens is 504 g/mol. The van der Waals surface area contributed by atoms with Crippen LogP contribution in [-0.4, -0.2) is 57.2 Å². The van der Waals surface area contributed by atoms with Crippen molar-refractivity contribution < 1.29 is 19.1 Å². The third kappa shape index (κ3) is 7.52. The average molecular weight is 551 g/mol. The lowest BCUT2D eigenvalue weighted by Crippen LogP contribution is -2.52. The Kier molecular flexibility index (Phi) is 9.69. The van der Waals surface area contributed by atoms with Crippen molar-refractivity contribution in [3.8, 4) is 0 Å². The standard InChI is InChI=1S/C32H46N4O4/c1-6-10-28(37)27-22-35(21-24-11-8-7-9-12-24)33-29(27)36(30(38)25-15-13-23(2)14-16-25)26-17-19-34(20-18-26)31(39)40-32(3,4)5/h7-9,11-12,22-23,25-26H,6,10,13-21H2,1-5H3/t23-,25-. The minimum Gasteiger partial charge on any atom is -0.444 e. The molecule has 0 atom stereocenters. The van der Waals surface area contributed by atoms with Crippen molar-refractivity contribution in [1.82, 2.24) is 14.7 Å². The van der Waals surface area contributed by atoms with Gasteiger partial charge in [-0.25, -0.2) is 4.79 Å². The first-order valence-electron chi connectivity index (χ1n) is 15.0. The van der Waals surface area contributed by atoms with E-state index in [9.17, 15) is 14.4 Å². The topological polar surface area (TPSA) is 84.7 Å². The van der Waals surface area contributed by atoms with Crippen LogP contribution < -0.4 is 4.90 Å². The summed E-state index contributed by atoms with van der Waals surface area (Å²) in [5, 5.41) is 4.91. The van der Waals surface area contributed by atoms with E-state index in [1.165, 1.54) is 0 Å². The van der Waals surface area contributed by atoms with Crippen molar-refractivity contribution in [3.05, 3.63) is 47.7 Å². The van der Waals surface area contributed by atoms with Crippen LogP contribution in [0.25, 0.3) is 0 Å². The summed E-state index contributed by atoms with van der Waals surface area (Å²) in [5.74, 6) is 1.11. The summed E-state index contributed by atoms with van der Waals surface area (Å²) >= 11 is 0. The molecule has 0 unspecified atom stereocenters. The second-order valence-corrected chi connectivity index (χ2v) is 12.6. The van der Waals surface area contributed by atoms with Gasteiger partial charge in [-0.2, -0.15) is 5.10 Å². The lowest BCUT2D eigenvalue weighted by Gasteiger charge is -2.40. The molecule has 1 saturated heterocycles. The van der Waals surface area contributed by atoms with E-state index in [4.69, 9.17) is 9.84 Å². The van der Waals surface area contributed by atoms with Gasteiger partial charge < -0.3 is 9.64 Å². The molecule has 8 heteroatoms. The van der Waals surface area contributed by atoms with Crippen LogP contribution in [0.15, 0.2) is 36.5 Å². The van der Waals surface area contributed by atoms with Crippen LogP contribution in [0.1, 0.15) is 102 Å². The molecule has 0 bridgehead atoms. The number of carbonyl (C=O) groups is 3. The van der Waals surface area contributed by atoms with Gasteiger partial charge in [0.1, 0.15) is 5.60 Å². The van der Waals surface area contributed by atoms with Crippen LogP contribution in [-0.2, 0) is 16.1 Å². The molecule has 1 aliphatic carbocycles. The van der Waals surface area contributed by atoms with E-state index in [1.54, 1.807) is 9.58 Å². The fourth-order valence-electron chi connectivity index (χ4n) is 5.79. The molecule has 8 nitrogen and oxygen atoms in total. The summed E-state index contributed by atoms with van der Waals surface area (Å²) in [4.78, 5) is 43.9. The average Bonchev–Trinajstić information content (AvgIpc) is 3.32. The van der Waals surface area contributed by atoms with Crippen LogP contribution in [0.3, 0.4) is 0 Å². The number of piperidine rings is 1. The van der Waals surface area contributed by atoms with Crippen LogP contribution in [0, 0.1) is 11.8 Å². The predicted molar refractivity (Wildman–Crippen MR) is 156 cm³/mol. The number of hydrogen-bond acceptors (Lipinski definition) is 5. The number of rotatable bonds is 8. The Morgan fingerprint density at radius 1 is 1.00 bits per heavy atom. The van der Waals surface area contributed by atoms with Gasteiger partial charge in [0.15, 0.2) is 11.6 Å². The van der Waals surface area contributed by atoms with E-state index >= 15 is 0 Å². The zero-order valence-corrected chi connectivity index (χ0v) is 24.9. The zero-order valence-electron chi connectivity index (χ0n) is 24.9. The molecule has 2 aliphatic rings. The van der Waals surface area contributed by atoms with Gasteiger partial charge in [0.05, 0.1) is 12.1 Å². The maximum atomic E-state index is 14.3. The first-order valence-corrected chi connectivity index (χ1v) is 15.0. The molecule has 1 aromatic heterocycles. The Balaban J connectivity index is 1.65. The fourth-order valence-corrected chi connectivity index (χ4v) is 5.79. The van der Waals surface area contributed by atoms with Gasteiger partial charge in [0, 0.05) is 37.7 Å². The third-order valence-corrected chi connectivity index (χ3v) is 8.02. The second-order valence-electron chi connectivity index (χ2n) is 12.6. The van der Waals surface area contributed by atoms with Crippen molar-refractivity contribution in [2.45, 2.75) is 104 Å². The molecule has 1 aliphatic heterocycles. The van der Waals surface area contributed by atoms with Gasteiger partial charge in [-0.15, -0.1) is 0 Å². The molecule has 218 valence electrons. The maximum Gasteiger partial charge on any atom is 0.410 e. The van der Waals surface area contributed by atoms with Crippen LogP contribution in [0.5, 0.6) is 0 Å². The highest BCUT2D eigenvalue weighted by Gasteiger charge is 2.39. The number of ether oxygens (including phenoxy) is 1. The SMILES string of the molecule is CCCC(=O)c1cn(Cc2ccccc2)nc1N(C(=O)[C@H]1CC[C@H](C)CC1)C1CCN(C(=O)OC(C)(C)C)CC1. The largest absolute Gasteiger partial charge is 0.444 e. The van der Waals surface area contributed by atoms with Crippen molar-refractivity contribution in [1.29, 1.82) is 0 Å². The van der Waals surface area contributed by atoms with Gasteiger partial charge in [-0.3, -0.25) is 19.2 Å². The van der Waals surface area contributed by atoms with Gasteiger partial charge >= 0.3 is 6.09 Å². The van der Waals surface area contributed by atoms with E-state index in [-0.39, 0.29) is 29.7 Å². The molecule has 4 rings (SSSR count). The smallest absolute Gasteiger partial charge is 0.410 e. The van der Waals surface area contributed by atoms with Crippen LogP contribution >= 0.6 is 0 Å². The predicted octanol–water partition coefficient (Wildman–Crippen LogP) is 6.47. The number of aromatic nitrogens is 2. The quantitative estimate of drug-likeness (QED) is 0.352. The molecule has 0 radical (unpaired) electrons. The number of anilines is 1. The summed E-state index contributed by atoms with van der Waals surface area (Å²) in [6, 6.07) is 9.88. The van der Waals surface area contributed by atoms with Gasteiger partial charge in [0.2, 0.25) is 5.91 Å². The molecule has 1 saturated carbocycles. The summed E-state index contributed by atoms with van der Waals surface area (Å²) in [5.41, 5.74) is 1.04. The Bertz CT molecular complexity index is 1150. The molecule has 2 heterocycles. The van der Waals surface area contributed by atoms with Gasteiger partial charge in [-0.05, 0) is 77.2 Å². The van der Waals surface area contributed by atoms with Crippen molar-refractivity contribution in [3.63, 3.8) is 0 Å². The van der Waals surface area contributed by atoms with Crippen molar-refractivity contribution in [2.75, 3.05) is 18.0 Å². The number of carbonyl (C=O) groups excluding carboxylic acids is 3. The van der Waals surface area contributed by atoms with E-state index in [0.29, 0.717) is 56.2 Å². The highest BCUT2D eigenvalue weighted by Crippen LogP contribution is 2.35. The van der Waals surface area contributed by atoms with Crippen LogP contribution in [0.4, 0.5) is 10.6 Å². The minimum absolute atomic E-state index is 0.0121. The third-order valence-electron chi connectivity index (χ3n) is 8.02.